The van der Waals surface area contributed by atoms with Crippen LogP contribution in [0.5, 0.6) is 0 Å². The van der Waals surface area contributed by atoms with E-state index in [0.29, 0.717) is 12.6 Å². The molecule has 0 saturated carbocycles. The van der Waals surface area contributed by atoms with Gasteiger partial charge in [0, 0.05) is 75.4 Å². The van der Waals surface area contributed by atoms with Crippen LogP contribution in [0.25, 0.3) is 0 Å². The van der Waals surface area contributed by atoms with Crippen LogP contribution in [-0.2, 0) is 0 Å². The maximum Gasteiger partial charge on any atom is 0.117 e. The molecular weight excluding hydrogens is 351 g/mol. The molecule has 164 valence electrons. The summed E-state index contributed by atoms with van der Waals surface area (Å²) in [6.45, 7) is 23.2. The van der Waals surface area contributed by atoms with Gasteiger partial charge in [-0.25, -0.2) is 4.39 Å². The molecule has 3 aliphatic rings. The van der Waals surface area contributed by atoms with Gasteiger partial charge in [-0.1, -0.05) is 0 Å². The topological polar surface area (TPSA) is 13.0 Å². The van der Waals surface area contributed by atoms with E-state index < -0.39 is 6.17 Å². The van der Waals surface area contributed by atoms with E-state index in [1.807, 2.05) is 0 Å². The fourth-order valence-electron chi connectivity index (χ4n) is 5.35. The highest BCUT2D eigenvalue weighted by molar-refractivity contribution is 4.91. The third kappa shape index (κ3) is 5.68. The molecular formula is C23H45FN4. The van der Waals surface area contributed by atoms with Crippen LogP contribution in [0.1, 0.15) is 60.8 Å². The highest BCUT2D eigenvalue weighted by atomic mass is 19.1. The predicted octanol–water partition coefficient (Wildman–Crippen LogP) is 3.33. The molecule has 3 aliphatic heterocycles. The van der Waals surface area contributed by atoms with Crippen LogP contribution in [0.3, 0.4) is 0 Å². The van der Waals surface area contributed by atoms with Crippen LogP contribution in [0.4, 0.5) is 4.39 Å². The number of halogens is 1. The average Bonchev–Trinajstić information content (AvgIpc) is 2.62. The molecule has 0 amide bonds. The monoisotopic (exact) mass is 396 g/mol. The fourth-order valence-corrected chi connectivity index (χ4v) is 5.35. The number of likely N-dealkylation sites (tertiary alicyclic amines) is 2. The van der Waals surface area contributed by atoms with E-state index >= 15 is 4.39 Å². The van der Waals surface area contributed by atoms with E-state index in [9.17, 15) is 0 Å². The van der Waals surface area contributed by atoms with Gasteiger partial charge < -0.3 is 4.90 Å². The van der Waals surface area contributed by atoms with Crippen molar-refractivity contribution in [3.63, 3.8) is 0 Å². The van der Waals surface area contributed by atoms with E-state index in [4.69, 9.17) is 0 Å². The van der Waals surface area contributed by atoms with Crippen molar-refractivity contribution in [1.82, 2.24) is 19.6 Å². The first-order valence-electron chi connectivity index (χ1n) is 11.6. The molecule has 5 heteroatoms. The lowest BCUT2D eigenvalue weighted by atomic mass is 9.90. The highest BCUT2D eigenvalue weighted by Crippen LogP contribution is 2.29. The first-order chi connectivity index (χ1) is 13.0. The molecule has 3 heterocycles. The molecule has 3 saturated heterocycles. The normalized spacial score (nSPS) is 31.4. The lowest BCUT2D eigenvalue weighted by Gasteiger charge is -2.47. The molecule has 0 aromatic rings. The third-order valence-electron chi connectivity index (χ3n) is 7.45. The molecule has 28 heavy (non-hydrogen) atoms. The molecule has 0 radical (unpaired) electrons. The Morgan fingerprint density at radius 2 is 1.25 bits per heavy atom. The minimum Gasteiger partial charge on any atom is -0.300 e. The van der Waals surface area contributed by atoms with Gasteiger partial charge in [-0.15, -0.1) is 0 Å². The van der Waals surface area contributed by atoms with Crippen LogP contribution in [-0.4, -0.2) is 102 Å². The summed E-state index contributed by atoms with van der Waals surface area (Å²) in [6, 6.07) is 0.591. The first-order valence-corrected chi connectivity index (χ1v) is 11.6. The predicted molar refractivity (Wildman–Crippen MR) is 117 cm³/mol. The molecule has 0 spiro atoms. The second kappa shape index (κ2) is 8.87. The highest BCUT2D eigenvalue weighted by Gasteiger charge is 2.36. The van der Waals surface area contributed by atoms with Crippen molar-refractivity contribution in [2.45, 2.75) is 84.1 Å². The van der Waals surface area contributed by atoms with Gasteiger partial charge >= 0.3 is 0 Å². The molecule has 0 aromatic heterocycles. The number of hydrogen-bond donors (Lipinski definition) is 0. The zero-order chi connectivity index (χ0) is 20.5. The van der Waals surface area contributed by atoms with Crippen molar-refractivity contribution >= 4 is 0 Å². The van der Waals surface area contributed by atoms with Gasteiger partial charge in [0.15, 0.2) is 0 Å². The van der Waals surface area contributed by atoms with E-state index in [0.717, 1.165) is 58.8 Å². The van der Waals surface area contributed by atoms with Gasteiger partial charge in [-0.2, -0.15) is 0 Å². The minimum atomic E-state index is -0.657. The zero-order valence-corrected chi connectivity index (χ0v) is 19.4. The summed E-state index contributed by atoms with van der Waals surface area (Å²) in [5.41, 5.74) is 0.514. The zero-order valence-electron chi connectivity index (χ0n) is 19.4. The van der Waals surface area contributed by atoms with Gasteiger partial charge in [0.1, 0.15) is 6.17 Å². The van der Waals surface area contributed by atoms with Crippen molar-refractivity contribution in [2.24, 2.45) is 5.92 Å². The minimum absolute atomic E-state index is 0.229. The Bertz CT molecular complexity index is 482. The Balaban J connectivity index is 1.41. The van der Waals surface area contributed by atoms with Crippen molar-refractivity contribution in [1.29, 1.82) is 0 Å². The second-order valence-corrected chi connectivity index (χ2v) is 11.4. The Morgan fingerprint density at radius 1 is 0.714 bits per heavy atom. The molecule has 3 rings (SSSR count). The standard InChI is InChI=1S/C23H45FN4/c1-22(2,3)27-11-8-20(9-12-27)26-10-7-19(21(24)18-26)17-25-13-15-28(16-14-25)23(4,5)6/h19-21H,7-18H2,1-6H3. The molecule has 4 nitrogen and oxygen atoms in total. The van der Waals surface area contributed by atoms with Crippen LogP contribution < -0.4 is 0 Å². The summed E-state index contributed by atoms with van der Waals surface area (Å²) in [7, 11) is 0. The Kier molecular flexibility index (Phi) is 7.11. The number of alkyl halides is 1. The number of rotatable bonds is 3. The first kappa shape index (κ1) is 22.5. The average molecular weight is 397 g/mol. The summed E-state index contributed by atoms with van der Waals surface area (Å²) >= 11 is 0. The summed E-state index contributed by atoms with van der Waals surface area (Å²) in [4.78, 5) is 10.1. The maximum atomic E-state index is 15.1. The number of nitrogens with zero attached hydrogens (tertiary/aromatic N) is 4. The van der Waals surface area contributed by atoms with E-state index in [1.165, 1.54) is 12.8 Å². The lowest BCUT2D eigenvalue weighted by molar-refractivity contribution is -0.00348. The number of piperazine rings is 1. The molecule has 0 N–H and O–H groups in total. The number of hydrogen-bond acceptors (Lipinski definition) is 4. The van der Waals surface area contributed by atoms with Crippen molar-refractivity contribution in [3.05, 3.63) is 0 Å². The largest absolute Gasteiger partial charge is 0.300 e. The van der Waals surface area contributed by atoms with Gasteiger partial charge in [0.05, 0.1) is 0 Å². The summed E-state index contributed by atoms with van der Waals surface area (Å²) in [6.07, 6.45) is 2.77. The van der Waals surface area contributed by atoms with Gasteiger partial charge in [-0.3, -0.25) is 14.7 Å². The molecule has 3 fully saturated rings. The Hall–Kier alpha value is -0.230. The molecule has 0 bridgehead atoms. The molecule has 0 aromatic carbocycles. The number of piperidine rings is 2. The molecule has 0 aliphatic carbocycles. The maximum absolute atomic E-state index is 15.1. The fraction of sp³-hybridized carbons (Fsp3) is 1.00. The third-order valence-corrected chi connectivity index (χ3v) is 7.45. The summed E-state index contributed by atoms with van der Waals surface area (Å²) in [5, 5.41) is 0. The van der Waals surface area contributed by atoms with E-state index in [-0.39, 0.29) is 17.0 Å². The van der Waals surface area contributed by atoms with E-state index in [2.05, 4.69) is 61.1 Å². The van der Waals surface area contributed by atoms with Crippen LogP contribution in [0.15, 0.2) is 0 Å². The SMILES string of the molecule is CC(C)(C)N1CCC(N2CCC(CN3CCN(C(C)(C)C)CC3)C(F)C2)CC1. The van der Waals surface area contributed by atoms with Crippen molar-refractivity contribution in [2.75, 3.05) is 58.9 Å². The summed E-state index contributed by atoms with van der Waals surface area (Å²) < 4.78 is 15.1. The van der Waals surface area contributed by atoms with E-state index in [1.54, 1.807) is 0 Å². The smallest absolute Gasteiger partial charge is 0.117 e. The van der Waals surface area contributed by atoms with Crippen molar-refractivity contribution in [3.8, 4) is 0 Å². The van der Waals surface area contributed by atoms with Gasteiger partial charge in [0.25, 0.3) is 0 Å². The van der Waals surface area contributed by atoms with Gasteiger partial charge in [0.2, 0.25) is 0 Å². The summed E-state index contributed by atoms with van der Waals surface area (Å²) in [5.74, 6) is 0.229. The second-order valence-electron chi connectivity index (χ2n) is 11.4. The Morgan fingerprint density at radius 3 is 1.75 bits per heavy atom. The Labute approximate surface area is 173 Å². The van der Waals surface area contributed by atoms with Crippen molar-refractivity contribution < 1.29 is 4.39 Å². The molecule has 2 atom stereocenters. The van der Waals surface area contributed by atoms with Gasteiger partial charge in [-0.05, 0) is 67.3 Å². The van der Waals surface area contributed by atoms with Crippen LogP contribution in [0.2, 0.25) is 0 Å². The lowest BCUT2D eigenvalue weighted by Crippen LogP contribution is -2.56. The quantitative estimate of drug-likeness (QED) is 0.725. The van der Waals surface area contributed by atoms with Crippen LogP contribution >= 0.6 is 0 Å². The molecule has 2 unspecified atom stereocenters. The van der Waals surface area contributed by atoms with Crippen LogP contribution in [0, 0.1) is 5.92 Å².